The largest absolute Gasteiger partial charge is 0.481 e. The van der Waals surface area contributed by atoms with Crippen molar-refractivity contribution in [2.75, 3.05) is 18.8 Å². The van der Waals surface area contributed by atoms with Crippen LogP contribution in [0.15, 0.2) is 0 Å². The van der Waals surface area contributed by atoms with E-state index in [0.717, 1.165) is 0 Å². The first-order valence-electron chi connectivity index (χ1n) is 4.83. The van der Waals surface area contributed by atoms with Crippen LogP contribution in [-0.4, -0.2) is 54.0 Å². The molecule has 0 heterocycles. The molecule has 0 rings (SSSR count). The summed E-state index contributed by atoms with van der Waals surface area (Å²) in [5.41, 5.74) is 0. The van der Waals surface area contributed by atoms with Gasteiger partial charge in [0, 0.05) is 6.54 Å². The van der Waals surface area contributed by atoms with Crippen molar-refractivity contribution in [1.29, 1.82) is 0 Å². The second-order valence-corrected chi connectivity index (χ2v) is 5.05. The monoisotopic (exact) mass is 269 g/mol. The summed E-state index contributed by atoms with van der Waals surface area (Å²) < 4.78 is 29.1. The topological polar surface area (TPSA) is 141 Å². The van der Waals surface area contributed by atoms with Crippen LogP contribution >= 0.6 is 0 Å². The zero-order valence-electron chi connectivity index (χ0n) is 9.00. The minimum Gasteiger partial charge on any atom is -0.481 e. The number of carboxylic acid groups (broad SMARTS) is 2. The molecule has 17 heavy (non-hydrogen) atoms. The fourth-order valence-electron chi connectivity index (χ4n) is 1.11. The van der Waals surface area contributed by atoms with Crippen LogP contribution in [0, 0.1) is 5.92 Å². The summed E-state index contributed by atoms with van der Waals surface area (Å²) in [6, 6.07) is 0. The number of carboxylic acids is 2. The van der Waals surface area contributed by atoms with E-state index in [1.165, 1.54) is 0 Å². The highest BCUT2D eigenvalue weighted by Crippen LogP contribution is 2.01. The molecule has 0 aliphatic carbocycles. The quantitative estimate of drug-likeness (QED) is 0.309. The van der Waals surface area contributed by atoms with Gasteiger partial charge in [0.15, 0.2) is 0 Å². The lowest BCUT2D eigenvalue weighted by Crippen LogP contribution is -2.31. The average molecular weight is 269 g/mol. The van der Waals surface area contributed by atoms with E-state index in [4.69, 9.17) is 14.8 Å². The highest BCUT2D eigenvalue weighted by atomic mass is 32.2. The molecule has 9 heteroatoms. The Balaban J connectivity index is 3.83. The molecule has 0 aromatic carbocycles. The molecule has 0 aliphatic rings. The molecule has 0 saturated heterocycles. The first-order chi connectivity index (χ1) is 7.72. The summed E-state index contributed by atoms with van der Waals surface area (Å²) in [4.78, 5) is 20.9. The Morgan fingerprint density at radius 1 is 1.24 bits per heavy atom. The summed E-state index contributed by atoms with van der Waals surface area (Å²) in [6.45, 7) is 0.121. The Morgan fingerprint density at radius 2 is 1.82 bits per heavy atom. The molecular formula is C8H15NO7S. The van der Waals surface area contributed by atoms with E-state index in [-0.39, 0.29) is 19.5 Å². The molecule has 0 saturated carbocycles. The van der Waals surface area contributed by atoms with Crippen molar-refractivity contribution < 1.29 is 32.8 Å². The Hall–Kier alpha value is -1.19. The van der Waals surface area contributed by atoms with Crippen molar-refractivity contribution >= 4 is 22.1 Å². The first-order valence-corrected chi connectivity index (χ1v) is 6.44. The minimum absolute atomic E-state index is 0.0624. The molecule has 100 valence electrons. The van der Waals surface area contributed by atoms with Crippen molar-refractivity contribution in [3.8, 4) is 0 Å². The van der Waals surface area contributed by atoms with Gasteiger partial charge in [0.2, 0.25) is 0 Å². The van der Waals surface area contributed by atoms with E-state index in [2.05, 4.69) is 5.32 Å². The van der Waals surface area contributed by atoms with Crippen LogP contribution in [0.4, 0.5) is 0 Å². The Labute approximate surface area is 98.4 Å². The van der Waals surface area contributed by atoms with E-state index in [1.807, 2.05) is 0 Å². The van der Waals surface area contributed by atoms with Crippen molar-refractivity contribution in [2.24, 2.45) is 5.92 Å². The van der Waals surface area contributed by atoms with Gasteiger partial charge < -0.3 is 15.5 Å². The van der Waals surface area contributed by atoms with Gasteiger partial charge in [0.25, 0.3) is 10.1 Å². The molecule has 0 spiro atoms. The van der Waals surface area contributed by atoms with E-state index >= 15 is 0 Å². The van der Waals surface area contributed by atoms with Crippen LogP contribution in [0.2, 0.25) is 0 Å². The van der Waals surface area contributed by atoms with Crippen molar-refractivity contribution in [3.05, 3.63) is 0 Å². The molecular weight excluding hydrogens is 254 g/mol. The molecule has 0 aromatic heterocycles. The summed E-state index contributed by atoms with van der Waals surface area (Å²) >= 11 is 0. The Bertz CT molecular complexity index is 364. The first kappa shape index (κ1) is 15.8. The summed E-state index contributed by atoms with van der Waals surface area (Å²) in [5, 5.41) is 19.7. The van der Waals surface area contributed by atoms with Gasteiger partial charge in [-0.25, -0.2) is 0 Å². The highest BCUT2D eigenvalue weighted by Gasteiger charge is 2.20. The number of aliphatic carboxylic acids is 2. The SMILES string of the molecule is O=C(O)CC(CNCCCS(=O)(=O)O)C(=O)O. The van der Waals surface area contributed by atoms with Crippen molar-refractivity contribution in [1.82, 2.24) is 5.32 Å². The lowest BCUT2D eigenvalue weighted by Gasteiger charge is -2.10. The van der Waals surface area contributed by atoms with Crippen LogP contribution < -0.4 is 5.32 Å². The van der Waals surface area contributed by atoms with Gasteiger partial charge >= 0.3 is 11.9 Å². The van der Waals surface area contributed by atoms with Gasteiger partial charge in [0.1, 0.15) is 0 Å². The third-order valence-corrected chi connectivity index (χ3v) is 2.72. The lowest BCUT2D eigenvalue weighted by atomic mass is 10.1. The molecule has 8 nitrogen and oxygen atoms in total. The zero-order chi connectivity index (χ0) is 13.5. The molecule has 0 aromatic rings. The highest BCUT2D eigenvalue weighted by molar-refractivity contribution is 7.85. The molecule has 4 N–H and O–H groups in total. The Morgan fingerprint density at radius 3 is 2.24 bits per heavy atom. The normalized spacial score (nSPS) is 13.2. The molecule has 0 radical (unpaired) electrons. The number of rotatable bonds is 9. The molecule has 0 aliphatic heterocycles. The fourth-order valence-corrected chi connectivity index (χ4v) is 1.62. The number of nitrogens with one attached hydrogen (secondary N) is 1. The van der Waals surface area contributed by atoms with Gasteiger partial charge in [-0.05, 0) is 13.0 Å². The predicted octanol–water partition coefficient (Wildman–Crippen LogP) is -0.971. The molecule has 0 amide bonds. The molecule has 0 fully saturated rings. The maximum atomic E-state index is 10.6. The molecule has 0 bridgehead atoms. The van der Waals surface area contributed by atoms with Gasteiger partial charge in [-0.1, -0.05) is 0 Å². The summed E-state index contributed by atoms with van der Waals surface area (Å²) in [5.74, 6) is -3.92. The third kappa shape index (κ3) is 9.72. The van der Waals surface area contributed by atoms with Crippen LogP contribution in [0.3, 0.4) is 0 Å². The van der Waals surface area contributed by atoms with Crippen LogP contribution in [0.25, 0.3) is 0 Å². The number of hydrogen-bond acceptors (Lipinski definition) is 5. The van der Waals surface area contributed by atoms with Crippen molar-refractivity contribution in [3.63, 3.8) is 0 Å². The van der Waals surface area contributed by atoms with Gasteiger partial charge in [-0.2, -0.15) is 8.42 Å². The fraction of sp³-hybridized carbons (Fsp3) is 0.750. The lowest BCUT2D eigenvalue weighted by molar-refractivity contribution is -0.148. The van der Waals surface area contributed by atoms with E-state index in [0.29, 0.717) is 0 Å². The smallest absolute Gasteiger partial charge is 0.308 e. The average Bonchev–Trinajstić information content (AvgIpc) is 2.12. The number of carbonyl (C=O) groups is 2. The Kier molecular flexibility index (Phi) is 6.69. The van der Waals surface area contributed by atoms with E-state index < -0.39 is 40.1 Å². The minimum atomic E-state index is -4.01. The molecule has 1 unspecified atom stereocenters. The second-order valence-electron chi connectivity index (χ2n) is 3.48. The summed E-state index contributed by atoms with van der Waals surface area (Å²) in [7, 11) is -4.01. The molecule has 1 atom stereocenters. The zero-order valence-corrected chi connectivity index (χ0v) is 9.81. The van der Waals surface area contributed by atoms with Gasteiger partial charge in [-0.3, -0.25) is 14.1 Å². The predicted molar refractivity (Wildman–Crippen MR) is 57.3 cm³/mol. The number of hydrogen-bond donors (Lipinski definition) is 4. The standard InChI is InChI=1S/C8H15NO7S/c10-7(11)4-6(8(12)13)5-9-2-1-3-17(14,15)16/h6,9H,1-5H2,(H,10,11)(H,12,13)(H,14,15,16). The van der Waals surface area contributed by atoms with E-state index in [9.17, 15) is 18.0 Å². The second kappa shape index (κ2) is 7.20. The van der Waals surface area contributed by atoms with Crippen LogP contribution in [0.1, 0.15) is 12.8 Å². The van der Waals surface area contributed by atoms with Gasteiger partial charge in [-0.15, -0.1) is 0 Å². The van der Waals surface area contributed by atoms with Gasteiger partial charge in [0.05, 0.1) is 18.1 Å². The van der Waals surface area contributed by atoms with Crippen LogP contribution in [0.5, 0.6) is 0 Å². The maximum Gasteiger partial charge on any atom is 0.308 e. The maximum absolute atomic E-state index is 10.6. The van der Waals surface area contributed by atoms with E-state index in [1.54, 1.807) is 0 Å². The van der Waals surface area contributed by atoms with Crippen LogP contribution in [-0.2, 0) is 19.7 Å². The third-order valence-electron chi connectivity index (χ3n) is 1.92. The van der Waals surface area contributed by atoms with Crippen molar-refractivity contribution in [2.45, 2.75) is 12.8 Å². The summed E-state index contributed by atoms with van der Waals surface area (Å²) in [6.07, 6.45) is -0.376.